The molecule has 2 rings (SSSR count). The normalized spacial score (nSPS) is 11.0. The van der Waals surface area contributed by atoms with Gasteiger partial charge in [-0.25, -0.2) is 0 Å². The number of nitrogens with one attached hydrogen (secondary N) is 1. The summed E-state index contributed by atoms with van der Waals surface area (Å²) < 4.78 is 6.86. The summed E-state index contributed by atoms with van der Waals surface area (Å²) in [5.41, 5.74) is 7.73. The number of rotatable bonds is 5. The number of nitrogens with zero attached hydrogens (tertiary/aromatic N) is 3. The second-order valence-electron chi connectivity index (χ2n) is 4.51. The number of hydrogen-bond acceptors (Lipinski definition) is 3. The van der Waals surface area contributed by atoms with Crippen molar-refractivity contribution in [1.29, 1.82) is 0 Å². The van der Waals surface area contributed by atoms with E-state index < -0.39 is 0 Å². The van der Waals surface area contributed by atoms with Gasteiger partial charge in [-0.1, -0.05) is 11.6 Å². The molecule has 0 spiro atoms. The Morgan fingerprint density at radius 2 is 2.27 bits per heavy atom. The zero-order valence-electron chi connectivity index (χ0n) is 12.4. The first-order valence-electron chi connectivity index (χ1n) is 6.46. The quantitative estimate of drug-likeness (QED) is 0.430. The highest BCUT2D eigenvalue weighted by molar-refractivity contribution is 14.0. The van der Waals surface area contributed by atoms with Crippen LogP contribution in [0.3, 0.4) is 0 Å². The van der Waals surface area contributed by atoms with E-state index in [1.807, 2.05) is 25.5 Å². The van der Waals surface area contributed by atoms with Gasteiger partial charge in [0.25, 0.3) is 0 Å². The fourth-order valence-electron chi connectivity index (χ4n) is 1.84. The number of guanidine groups is 1. The standard InChI is InChI=1S/C14H18ClN5O.HI/c1-20-9-10(8-18-20)5-6-17-14(16)19-11-3-4-13(21-2)12(15)7-11;/h3-4,7-9H,5-6H2,1-2H3,(H3,16,17,19);1H. The van der Waals surface area contributed by atoms with Crippen molar-refractivity contribution >= 4 is 47.2 Å². The molecule has 0 aliphatic carbocycles. The molecule has 6 nitrogen and oxygen atoms in total. The summed E-state index contributed by atoms with van der Waals surface area (Å²) in [5.74, 6) is 0.967. The lowest BCUT2D eigenvalue weighted by atomic mass is 10.2. The molecule has 0 fully saturated rings. The van der Waals surface area contributed by atoms with Crippen molar-refractivity contribution in [3.63, 3.8) is 0 Å². The minimum Gasteiger partial charge on any atom is -0.495 e. The van der Waals surface area contributed by atoms with E-state index in [1.165, 1.54) is 0 Å². The molecule has 0 bridgehead atoms. The summed E-state index contributed by atoms with van der Waals surface area (Å²) in [7, 11) is 3.46. The SMILES string of the molecule is COc1ccc(NC(N)=NCCc2cnn(C)c2)cc1Cl.I. The molecule has 22 heavy (non-hydrogen) atoms. The molecule has 0 saturated heterocycles. The lowest BCUT2D eigenvalue weighted by molar-refractivity contribution is 0.415. The summed E-state index contributed by atoms with van der Waals surface area (Å²) in [6.45, 7) is 0.592. The van der Waals surface area contributed by atoms with Crippen LogP contribution in [0.1, 0.15) is 5.56 Å². The molecule has 0 atom stereocenters. The Labute approximate surface area is 151 Å². The number of hydrogen-bond donors (Lipinski definition) is 2. The van der Waals surface area contributed by atoms with E-state index in [1.54, 1.807) is 23.9 Å². The highest BCUT2D eigenvalue weighted by atomic mass is 127. The zero-order valence-corrected chi connectivity index (χ0v) is 15.5. The van der Waals surface area contributed by atoms with Crippen molar-refractivity contribution in [2.45, 2.75) is 6.42 Å². The lowest BCUT2D eigenvalue weighted by Gasteiger charge is -2.08. The first kappa shape index (κ1) is 18.6. The highest BCUT2D eigenvalue weighted by Crippen LogP contribution is 2.26. The van der Waals surface area contributed by atoms with E-state index in [0.717, 1.165) is 17.7 Å². The van der Waals surface area contributed by atoms with Gasteiger partial charge in [-0.2, -0.15) is 5.10 Å². The lowest BCUT2D eigenvalue weighted by Crippen LogP contribution is -2.23. The number of benzene rings is 1. The highest BCUT2D eigenvalue weighted by Gasteiger charge is 2.02. The van der Waals surface area contributed by atoms with Crippen LogP contribution < -0.4 is 15.8 Å². The molecular formula is C14H19ClIN5O. The Morgan fingerprint density at radius 1 is 1.50 bits per heavy atom. The van der Waals surface area contributed by atoms with E-state index in [9.17, 15) is 0 Å². The van der Waals surface area contributed by atoms with Gasteiger partial charge >= 0.3 is 0 Å². The van der Waals surface area contributed by atoms with Crippen LogP contribution >= 0.6 is 35.6 Å². The van der Waals surface area contributed by atoms with Crippen LogP contribution in [-0.2, 0) is 13.5 Å². The van der Waals surface area contributed by atoms with Crippen LogP contribution in [0, 0.1) is 0 Å². The van der Waals surface area contributed by atoms with Crippen LogP contribution in [0.25, 0.3) is 0 Å². The molecule has 0 aliphatic rings. The average Bonchev–Trinajstić information content (AvgIpc) is 2.84. The van der Waals surface area contributed by atoms with E-state index in [4.69, 9.17) is 22.1 Å². The molecule has 0 radical (unpaired) electrons. The molecule has 0 saturated carbocycles. The molecule has 1 aromatic heterocycles. The van der Waals surface area contributed by atoms with Gasteiger partial charge in [0.1, 0.15) is 5.75 Å². The molecule has 0 unspecified atom stereocenters. The van der Waals surface area contributed by atoms with Gasteiger partial charge in [0.2, 0.25) is 0 Å². The summed E-state index contributed by atoms with van der Waals surface area (Å²) in [4.78, 5) is 4.27. The Morgan fingerprint density at radius 3 is 2.86 bits per heavy atom. The maximum atomic E-state index is 6.04. The van der Waals surface area contributed by atoms with Crippen LogP contribution in [-0.4, -0.2) is 29.4 Å². The summed E-state index contributed by atoms with van der Waals surface area (Å²) in [6, 6.07) is 5.34. The van der Waals surface area contributed by atoms with E-state index >= 15 is 0 Å². The Bertz CT molecular complexity index is 644. The van der Waals surface area contributed by atoms with Crippen LogP contribution in [0.15, 0.2) is 35.6 Å². The van der Waals surface area contributed by atoms with Crippen molar-refractivity contribution < 1.29 is 4.74 Å². The fraction of sp³-hybridized carbons (Fsp3) is 0.286. The average molecular weight is 436 g/mol. The molecule has 0 amide bonds. The largest absolute Gasteiger partial charge is 0.495 e. The van der Waals surface area contributed by atoms with Crippen molar-refractivity contribution in [2.75, 3.05) is 19.0 Å². The Hall–Kier alpha value is -1.48. The number of nitrogens with two attached hydrogens (primary N) is 1. The van der Waals surface area contributed by atoms with Gasteiger partial charge < -0.3 is 15.8 Å². The van der Waals surface area contributed by atoms with Gasteiger partial charge in [-0.3, -0.25) is 9.67 Å². The third-order valence-corrected chi connectivity index (χ3v) is 3.16. The van der Waals surface area contributed by atoms with Gasteiger partial charge in [0.05, 0.1) is 18.3 Å². The van der Waals surface area contributed by atoms with Crippen LogP contribution in [0.4, 0.5) is 5.69 Å². The van der Waals surface area contributed by atoms with Gasteiger partial charge in [-0.05, 0) is 30.2 Å². The molecular weight excluding hydrogens is 417 g/mol. The second-order valence-corrected chi connectivity index (χ2v) is 4.92. The molecule has 2 aromatic rings. The summed E-state index contributed by atoms with van der Waals surface area (Å²) in [6.07, 6.45) is 4.57. The molecule has 1 aromatic carbocycles. The predicted molar refractivity (Wildman–Crippen MR) is 100 cm³/mol. The Balaban J connectivity index is 0.00000242. The monoisotopic (exact) mass is 435 g/mol. The predicted octanol–water partition coefficient (Wildman–Crippen LogP) is 2.67. The topological polar surface area (TPSA) is 77.5 Å². The molecule has 3 N–H and O–H groups in total. The molecule has 120 valence electrons. The van der Waals surface area contributed by atoms with E-state index in [2.05, 4.69) is 15.4 Å². The Kier molecular flexibility index (Phi) is 7.46. The third kappa shape index (κ3) is 5.38. The number of anilines is 1. The van der Waals surface area contributed by atoms with Gasteiger partial charge in [0.15, 0.2) is 5.96 Å². The number of ether oxygens (including phenoxy) is 1. The molecule has 1 heterocycles. The third-order valence-electron chi connectivity index (χ3n) is 2.87. The first-order chi connectivity index (χ1) is 10.1. The van der Waals surface area contributed by atoms with Gasteiger partial charge in [0, 0.05) is 25.5 Å². The van der Waals surface area contributed by atoms with E-state index in [-0.39, 0.29) is 24.0 Å². The summed E-state index contributed by atoms with van der Waals surface area (Å²) in [5, 5.41) is 7.61. The molecule has 0 aliphatic heterocycles. The van der Waals surface area contributed by atoms with Crippen LogP contribution in [0.2, 0.25) is 5.02 Å². The fourth-order valence-corrected chi connectivity index (χ4v) is 2.10. The number of aryl methyl sites for hydroxylation is 1. The maximum Gasteiger partial charge on any atom is 0.193 e. The summed E-state index contributed by atoms with van der Waals surface area (Å²) >= 11 is 6.04. The number of aliphatic imine (C=N–C) groups is 1. The van der Waals surface area contributed by atoms with Crippen molar-refractivity contribution in [1.82, 2.24) is 9.78 Å². The van der Waals surface area contributed by atoms with Crippen molar-refractivity contribution in [2.24, 2.45) is 17.8 Å². The maximum absolute atomic E-state index is 6.04. The van der Waals surface area contributed by atoms with E-state index in [0.29, 0.717) is 23.3 Å². The van der Waals surface area contributed by atoms with Crippen molar-refractivity contribution in [3.8, 4) is 5.75 Å². The minimum absolute atomic E-state index is 0. The van der Waals surface area contributed by atoms with Crippen LogP contribution in [0.5, 0.6) is 5.75 Å². The number of aromatic nitrogens is 2. The first-order valence-corrected chi connectivity index (χ1v) is 6.84. The van der Waals surface area contributed by atoms with Gasteiger partial charge in [-0.15, -0.1) is 24.0 Å². The number of halogens is 2. The zero-order chi connectivity index (χ0) is 15.2. The smallest absolute Gasteiger partial charge is 0.193 e. The second kappa shape index (κ2) is 8.84. The van der Waals surface area contributed by atoms with Crippen molar-refractivity contribution in [3.05, 3.63) is 41.2 Å². The number of methoxy groups -OCH3 is 1. The minimum atomic E-state index is 0. The molecule has 8 heteroatoms.